The van der Waals surface area contributed by atoms with Crippen LogP contribution in [-0.4, -0.2) is 24.2 Å². The first-order valence-corrected chi connectivity index (χ1v) is 9.42. The van der Waals surface area contributed by atoms with Crippen molar-refractivity contribution in [3.63, 3.8) is 0 Å². The highest BCUT2D eigenvalue weighted by atomic mass is 32.2. The van der Waals surface area contributed by atoms with Gasteiger partial charge < -0.3 is 4.74 Å². The van der Waals surface area contributed by atoms with E-state index in [9.17, 15) is 8.42 Å². The van der Waals surface area contributed by atoms with Crippen molar-refractivity contribution in [2.24, 2.45) is 0 Å². The van der Waals surface area contributed by atoms with Crippen molar-refractivity contribution in [2.75, 3.05) is 6.61 Å². The van der Waals surface area contributed by atoms with Crippen LogP contribution in [0.25, 0.3) is 0 Å². The lowest BCUT2D eigenvalue weighted by molar-refractivity contribution is 0.302. The molecule has 0 aliphatic heterocycles. The van der Waals surface area contributed by atoms with Gasteiger partial charge in [0.05, 0.1) is 17.7 Å². The average Bonchev–Trinajstić information content (AvgIpc) is 3.06. The molecule has 1 aromatic carbocycles. The highest BCUT2D eigenvalue weighted by Gasteiger charge is 2.20. The number of benzene rings is 1. The molecule has 23 heavy (non-hydrogen) atoms. The number of unbranched alkanes of at least 4 members (excludes halogenated alkanes) is 2. The second-order valence-corrected chi connectivity index (χ2v) is 7.59. The summed E-state index contributed by atoms with van der Waals surface area (Å²) in [6.45, 7) is 6.85. The van der Waals surface area contributed by atoms with Crippen LogP contribution in [0.4, 0.5) is 0 Å². The van der Waals surface area contributed by atoms with Gasteiger partial charge in [-0.15, -0.1) is 0 Å². The first kappa shape index (κ1) is 17.5. The van der Waals surface area contributed by atoms with E-state index >= 15 is 0 Å². The highest BCUT2D eigenvalue weighted by molar-refractivity contribution is 7.89. The maximum absolute atomic E-state index is 12.5. The summed E-state index contributed by atoms with van der Waals surface area (Å²) >= 11 is 0. The molecule has 0 radical (unpaired) electrons. The third-order valence-corrected chi connectivity index (χ3v) is 5.19. The molecule has 0 unspecified atom stereocenters. The fraction of sp³-hybridized carbons (Fsp3) is 0.471. The standard InChI is InChI=1S/C17H24N2O3S/c1-4-5-6-12-22-17-9-8-15(13-16(17)14(2)3)23(20,21)19-11-7-10-18-19/h7-11,13-14H,4-6,12H2,1-3H3. The summed E-state index contributed by atoms with van der Waals surface area (Å²) in [6.07, 6.45) is 6.15. The molecule has 5 nitrogen and oxygen atoms in total. The molecule has 0 atom stereocenters. The van der Waals surface area contributed by atoms with Gasteiger partial charge >= 0.3 is 0 Å². The third kappa shape index (κ3) is 4.13. The molecule has 0 N–H and O–H groups in total. The average molecular weight is 336 g/mol. The zero-order chi connectivity index (χ0) is 16.9. The van der Waals surface area contributed by atoms with Crippen LogP contribution in [-0.2, 0) is 10.0 Å². The minimum Gasteiger partial charge on any atom is -0.493 e. The van der Waals surface area contributed by atoms with Crippen molar-refractivity contribution in [2.45, 2.75) is 50.8 Å². The molecule has 2 aromatic rings. The number of hydrogen-bond acceptors (Lipinski definition) is 4. The van der Waals surface area contributed by atoms with Gasteiger partial charge in [0, 0.05) is 6.20 Å². The maximum Gasteiger partial charge on any atom is 0.282 e. The number of rotatable bonds is 8. The number of nitrogens with zero attached hydrogens (tertiary/aromatic N) is 2. The molecular formula is C17H24N2O3S. The molecule has 0 aliphatic rings. The SMILES string of the molecule is CCCCCOc1ccc(S(=O)(=O)n2cccn2)cc1C(C)C. The Morgan fingerprint density at radius 1 is 1.26 bits per heavy atom. The van der Waals surface area contributed by atoms with Crippen molar-refractivity contribution < 1.29 is 13.2 Å². The molecule has 0 saturated carbocycles. The summed E-state index contributed by atoms with van der Waals surface area (Å²) in [5, 5.41) is 3.83. The quantitative estimate of drug-likeness (QED) is 0.688. The molecule has 0 bridgehead atoms. The fourth-order valence-corrected chi connectivity index (χ4v) is 3.45. The lowest BCUT2D eigenvalue weighted by Gasteiger charge is -2.16. The van der Waals surface area contributed by atoms with Crippen molar-refractivity contribution in [3.05, 3.63) is 42.2 Å². The number of hydrogen-bond donors (Lipinski definition) is 0. The van der Waals surface area contributed by atoms with E-state index in [1.54, 1.807) is 24.3 Å². The van der Waals surface area contributed by atoms with Gasteiger partial charge in [-0.1, -0.05) is 33.6 Å². The van der Waals surface area contributed by atoms with Gasteiger partial charge in [0.1, 0.15) is 5.75 Å². The van der Waals surface area contributed by atoms with Crippen LogP contribution in [0.5, 0.6) is 5.75 Å². The first-order chi connectivity index (χ1) is 11.0. The fourth-order valence-electron chi connectivity index (χ4n) is 2.31. The molecule has 0 spiro atoms. The summed E-state index contributed by atoms with van der Waals surface area (Å²) in [7, 11) is -3.65. The van der Waals surface area contributed by atoms with Crippen LogP contribution in [0.15, 0.2) is 41.6 Å². The Morgan fingerprint density at radius 2 is 2.04 bits per heavy atom. The van der Waals surface area contributed by atoms with Crippen molar-refractivity contribution in [3.8, 4) is 5.75 Å². The molecule has 0 fully saturated rings. The first-order valence-electron chi connectivity index (χ1n) is 7.98. The third-order valence-electron chi connectivity index (χ3n) is 3.63. The Hall–Kier alpha value is -1.82. The molecule has 0 aliphatic carbocycles. The van der Waals surface area contributed by atoms with Gasteiger partial charge in [-0.05, 0) is 42.2 Å². The highest BCUT2D eigenvalue weighted by Crippen LogP contribution is 2.30. The summed E-state index contributed by atoms with van der Waals surface area (Å²) in [5.41, 5.74) is 0.898. The van der Waals surface area contributed by atoms with E-state index < -0.39 is 10.0 Å². The second-order valence-electron chi connectivity index (χ2n) is 5.79. The monoisotopic (exact) mass is 336 g/mol. The lowest BCUT2D eigenvalue weighted by Crippen LogP contribution is -2.14. The Labute approximate surface area is 138 Å². The summed E-state index contributed by atoms with van der Waals surface area (Å²) in [4.78, 5) is 0.228. The van der Waals surface area contributed by atoms with Crippen molar-refractivity contribution in [1.82, 2.24) is 9.19 Å². The van der Waals surface area contributed by atoms with Crippen LogP contribution in [0, 0.1) is 0 Å². The normalized spacial score (nSPS) is 11.8. The van der Waals surface area contributed by atoms with Gasteiger partial charge in [0.25, 0.3) is 10.0 Å². The topological polar surface area (TPSA) is 61.2 Å². The summed E-state index contributed by atoms with van der Waals surface area (Å²) < 4.78 is 31.9. The van der Waals surface area contributed by atoms with Gasteiger partial charge in [-0.2, -0.15) is 17.6 Å². The zero-order valence-corrected chi connectivity index (χ0v) is 14.7. The number of ether oxygens (including phenoxy) is 1. The molecule has 6 heteroatoms. The molecule has 126 valence electrons. The van der Waals surface area contributed by atoms with Crippen LogP contribution in [0.1, 0.15) is 51.5 Å². The smallest absolute Gasteiger partial charge is 0.282 e. The molecule has 1 aromatic heterocycles. The van der Waals surface area contributed by atoms with Crippen LogP contribution < -0.4 is 4.74 Å². The zero-order valence-electron chi connectivity index (χ0n) is 13.9. The predicted molar refractivity (Wildman–Crippen MR) is 90.4 cm³/mol. The van der Waals surface area contributed by atoms with Crippen LogP contribution in [0.2, 0.25) is 0 Å². The van der Waals surface area contributed by atoms with E-state index in [-0.39, 0.29) is 10.8 Å². The minimum atomic E-state index is -3.65. The van der Waals surface area contributed by atoms with E-state index in [0.717, 1.165) is 34.7 Å². The second kappa shape index (κ2) is 7.64. The summed E-state index contributed by atoms with van der Waals surface area (Å²) in [5.74, 6) is 0.930. The van der Waals surface area contributed by atoms with Gasteiger partial charge in [-0.3, -0.25) is 0 Å². The summed E-state index contributed by atoms with van der Waals surface area (Å²) in [6, 6.07) is 6.61. The maximum atomic E-state index is 12.5. The molecule has 2 rings (SSSR count). The minimum absolute atomic E-state index is 0.170. The Balaban J connectivity index is 2.29. The molecule has 0 amide bonds. The van der Waals surface area contributed by atoms with E-state index in [0.29, 0.717) is 6.61 Å². The lowest BCUT2D eigenvalue weighted by atomic mass is 10.0. The Morgan fingerprint density at radius 3 is 2.65 bits per heavy atom. The van der Waals surface area contributed by atoms with E-state index in [4.69, 9.17) is 4.74 Å². The Bertz CT molecular complexity index is 722. The van der Waals surface area contributed by atoms with Gasteiger partial charge in [0.2, 0.25) is 0 Å². The van der Waals surface area contributed by atoms with Crippen LogP contribution in [0.3, 0.4) is 0 Å². The Kier molecular flexibility index (Phi) is 5.82. The molecular weight excluding hydrogens is 312 g/mol. The largest absolute Gasteiger partial charge is 0.493 e. The van der Waals surface area contributed by atoms with Gasteiger partial charge in [0.15, 0.2) is 0 Å². The number of aromatic nitrogens is 2. The molecule has 1 heterocycles. The van der Waals surface area contributed by atoms with Gasteiger partial charge in [-0.25, -0.2) is 0 Å². The van der Waals surface area contributed by atoms with E-state index in [1.807, 2.05) is 13.8 Å². The van der Waals surface area contributed by atoms with E-state index in [1.165, 1.54) is 12.4 Å². The predicted octanol–water partition coefficient (Wildman–Crippen LogP) is 3.81. The van der Waals surface area contributed by atoms with E-state index in [2.05, 4.69) is 12.0 Å². The van der Waals surface area contributed by atoms with Crippen molar-refractivity contribution in [1.29, 1.82) is 0 Å². The molecule has 0 saturated heterocycles. The van der Waals surface area contributed by atoms with Crippen molar-refractivity contribution >= 4 is 10.0 Å². The van der Waals surface area contributed by atoms with Crippen LogP contribution >= 0.6 is 0 Å².